The summed E-state index contributed by atoms with van der Waals surface area (Å²) in [6, 6.07) is 2.81. The minimum atomic E-state index is -3.52. The predicted octanol–water partition coefficient (Wildman–Crippen LogP) is 1.50. The van der Waals surface area contributed by atoms with E-state index in [0.29, 0.717) is 0 Å². The van der Waals surface area contributed by atoms with Gasteiger partial charge in [-0.25, -0.2) is 18.1 Å². The first kappa shape index (κ1) is 14.7. The molecule has 19 heavy (non-hydrogen) atoms. The van der Waals surface area contributed by atoms with Gasteiger partial charge in [-0.1, -0.05) is 11.6 Å². The molecule has 2 heterocycles. The van der Waals surface area contributed by atoms with Crippen molar-refractivity contribution in [3.05, 3.63) is 23.5 Å². The molecule has 1 aromatic rings. The molecule has 1 aromatic heterocycles. The van der Waals surface area contributed by atoms with Crippen LogP contribution >= 0.6 is 11.6 Å². The van der Waals surface area contributed by atoms with Crippen LogP contribution in [0.15, 0.2) is 23.2 Å². The van der Waals surface area contributed by atoms with Gasteiger partial charge in [0.25, 0.3) is 0 Å². The number of likely N-dealkylation sites (tertiary alicyclic amines) is 1. The molecule has 0 spiro atoms. The fourth-order valence-electron chi connectivity index (χ4n) is 2.24. The molecule has 1 unspecified atom stereocenters. The number of hydrogen-bond donors (Lipinski definition) is 1. The molecule has 0 saturated carbocycles. The van der Waals surface area contributed by atoms with Crippen LogP contribution in [0.3, 0.4) is 0 Å². The summed E-state index contributed by atoms with van der Waals surface area (Å²) in [5.41, 5.74) is 0. The zero-order valence-electron chi connectivity index (χ0n) is 10.8. The van der Waals surface area contributed by atoms with Crippen molar-refractivity contribution in [3.63, 3.8) is 0 Å². The van der Waals surface area contributed by atoms with Crippen LogP contribution in [0.5, 0.6) is 0 Å². The van der Waals surface area contributed by atoms with Crippen molar-refractivity contribution in [3.8, 4) is 0 Å². The minimum absolute atomic E-state index is 0.126. The highest BCUT2D eigenvalue weighted by Crippen LogP contribution is 2.12. The summed E-state index contributed by atoms with van der Waals surface area (Å²) < 4.78 is 26.9. The Balaban J connectivity index is 1.98. The van der Waals surface area contributed by atoms with Crippen molar-refractivity contribution in [2.45, 2.75) is 30.7 Å². The number of hydrogen-bond acceptors (Lipinski definition) is 4. The third-order valence-corrected chi connectivity index (χ3v) is 4.90. The van der Waals surface area contributed by atoms with Gasteiger partial charge in [-0.2, -0.15) is 0 Å². The van der Waals surface area contributed by atoms with Crippen LogP contribution in [0.1, 0.15) is 19.8 Å². The van der Waals surface area contributed by atoms with E-state index in [1.54, 1.807) is 0 Å². The number of pyridine rings is 1. The Kier molecular flexibility index (Phi) is 4.78. The van der Waals surface area contributed by atoms with Gasteiger partial charge in [0, 0.05) is 18.8 Å². The van der Waals surface area contributed by atoms with Crippen LogP contribution in [0.4, 0.5) is 0 Å². The van der Waals surface area contributed by atoms with Crippen LogP contribution in [-0.2, 0) is 10.0 Å². The molecule has 0 bridgehead atoms. The second kappa shape index (κ2) is 6.17. The number of rotatable bonds is 5. The van der Waals surface area contributed by atoms with E-state index in [-0.39, 0.29) is 16.1 Å². The van der Waals surface area contributed by atoms with Crippen molar-refractivity contribution in [2.75, 3.05) is 19.6 Å². The lowest BCUT2D eigenvalue weighted by Crippen LogP contribution is -2.41. The molecule has 1 aliphatic heterocycles. The summed E-state index contributed by atoms with van der Waals surface area (Å²) in [7, 11) is -3.52. The van der Waals surface area contributed by atoms with Gasteiger partial charge in [0.15, 0.2) is 0 Å². The van der Waals surface area contributed by atoms with Gasteiger partial charge in [-0.3, -0.25) is 0 Å². The van der Waals surface area contributed by atoms with E-state index < -0.39 is 10.0 Å². The third kappa shape index (κ3) is 4.14. The number of nitrogens with one attached hydrogen (secondary N) is 1. The lowest BCUT2D eigenvalue weighted by Gasteiger charge is -2.21. The van der Waals surface area contributed by atoms with Crippen molar-refractivity contribution in [1.82, 2.24) is 14.6 Å². The average Bonchev–Trinajstić information content (AvgIpc) is 2.81. The number of sulfonamides is 1. The van der Waals surface area contributed by atoms with Crippen LogP contribution < -0.4 is 4.72 Å². The zero-order valence-corrected chi connectivity index (χ0v) is 12.4. The molecular weight excluding hydrogens is 286 g/mol. The Morgan fingerprint density at radius 1 is 1.42 bits per heavy atom. The maximum Gasteiger partial charge on any atom is 0.242 e. The molecule has 0 radical (unpaired) electrons. The van der Waals surface area contributed by atoms with E-state index in [2.05, 4.69) is 14.6 Å². The smallest absolute Gasteiger partial charge is 0.242 e. The van der Waals surface area contributed by atoms with Crippen molar-refractivity contribution >= 4 is 21.6 Å². The first-order chi connectivity index (χ1) is 8.97. The lowest BCUT2D eigenvalue weighted by atomic mass is 10.3. The molecule has 1 fully saturated rings. The Morgan fingerprint density at radius 3 is 2.68 bits per heavy atom. The second-order valence-electron chi connectivity index (χ2n) is 4.85. The van der Waals surface area contributed by atoms with Gasteiger partial charge >= 0.3 is 0 Å². The standard InChI is InChI=1S/C12H18ClN3O2S/c1-10(9-16-6-2-3-7-16)15-19(17,18)11-4-5-12(13)14-8-11/h4-5,8,10,15H,2-3,6-7,9H2,1H3. The fraction of sp³-hybridized carbons (Fsp3) is 0.583. The lowest BCUT2D eigenvalue weighted by molar-refractivity contribution is 0.313. The average molecular weight is 304 g/mol. The number of halogens is 1. The molecule has 106 valence electrons. The summed E-state index contributed by atoms with van der Waals surface area (Å²) in [5, 5.41) is 0.282. The highest BCUT2D eigenvalue weighted by molar-refractivity contribution is 7.89. The molecule has 0 amide bonds. The van der Waals surface area contributed by atoms with Gasteiger partial charge in [0.2, 0.25) is 10.0 Å². The van der Waals surface area contributed by atoms with E-state index in [1.807, 2.05) is 6.92 Å². The third-order valence-electron chi connectivity index (χ3n) is 3.10. The monoisotopic (exact) mass is 303 g/mol. The fourth-order valence-corrected chi connectivity index (χ4v) is 3.53. The molecular formula is C12H18ClN3O2S. The maximum absolute atomic E-state index is 12.1. The molecule has 7 heteroatoms. The SMILES string of the molecule is CC(CN1CCCC1)NS(=O)(=O)c1ccc(Cl)nc1. The second-order valence-corrected chi connectivity index (χ2v) is 6.95. The Morgan fingerprint density at radius 2 is 2.11 bits per heavy atom. The van der Waals surface area contributed by atoms with Crippen molar-refractivity contribution in [1.29, 1.82) is 0 Å². The minimum Gasteiger partial charge on any atom is -0.302 e. The van der Waals surface area contributed by atoms with E-state index >= 15 is 0 Å². The van der Waals surface area contributed by atoms with Gasteiger partial charge in [-0.15, -0.1) is 0 Å². The molecule has 0 aromatic carbocycles. The van der Waals surface area contributed by atoms with E-state index in [9.17, 15) is 8.42 Å². The van der Waals surface area contributed by atoms with Gasteiger partial charge in [-0.05, 0) is 45.0 Å². The molecule has 1 saturated heterocycles. The Bertz CT molecular complexity index is 512. The summed E-state index contributed by atoms with van der Waals surface area (Å²) >= 11 is 5.65. The Labute approximate surface area is 119 Å². The summed E-state index contributed by atoms with van der Waals surface area (Å²) in [6.07, 6.45) is 3.66. The topological polar surface area (TPSA) is 62.3 Å². The van der Waals surface area contributed by atoms with Crippen LogP contribution in [-0.4, -0.2) is 44.0 Å². The Hall–Kier alpha value is -0.690. The van der Waals surface area contributed by atoms with Crippen molar-refractivity contribution < 1.29 is 8.42 Å². The zero-order chi connectivity index (χ0) is 13.9. The highest BCUT2D eigenvalue weighted by atomic mass is 35.5. The van der Waals surface area contributed by atoms with E-state index in [4.69, 9.17) is 11.6 Å². The van der Waals surface area contributed by atoms with E-state index in [1.165, 1.54) is 31.2 Å². The first-order valence-electron chi connectivity index (χ1n) is 6.33. The van der Waals surface area contributed by atoms with Crippen LogP contribution in [0, 0.1) is 0 Å². The maximum atomic E-state index is 12.1. The number of aromatic nitrogens is 1. The summed E-state index contributed by atoms with van der Waals surface area (Å²) in [5.74, 6) is 0. The molecule has 1 aliphatic rings. The summed E-state index contributed by atoms with van der Waals surface area (Å²) in [4.78, 5) is 6.21. The number of nitrogens with zero attached hydrogens (tertiary/aromatic N) is 2. The first-order valence-corrected chi connectivity index (χ1v) is 8.20. The quantitative estimate of drug-likeness (QED) is 0.837. The molecule has 1 N–H and O–H groups in total. The van der Waals surface area contributed by atoms with Crippen LogP contribution in [0.25, 0.3) is 0 Å². The highest BCUT2D eigenvalue weighted by Gasteiger charge is 2.20. The molecule has 5 nitrogen and oxygen atoms in total. The molecule has 2 rings (SSSR count). The van der Waals surface area contributed by atoms with Gasteiger partial charge in [0.1, 0.15) is 10.0 Å². The molecule has 1 atom stereocenters. The van der Waals surface area contributed by atoms with Gasteiger partial charge in [0.05, 0.1) is 0 Å². The molecule has 0 aliphatic carbocycles. The van der Waals surface area contributed by atoms with E-state index in [0.717, 1.165) is 19.6 Å². The summed E-state index contributed by atoms with van der Waals surface area (Å²) in [6.45, 7) is 4.71. The van der Waals surface area contributed by atoms with Gasteiger partial charge < -0.3 is 4.90 Å². The van der Waals surface area contributed by atoms with Crippen molar-refractivity contribution in [2.24, 2.45) is 0 Å². The normalized spacial score (nSPS) is 18.6. The van der Waals surface area contributed by atoms with Crippen LogP contribution in [0.2, 0.25) is 5.15 Å². The largest absolute Gasteiger partial charge is 0.302 e. The predicted molar refractivity (Wildman–Crippen MR) is 74.7 cm³/mol.